The monoisotopic (exact) mass is 192 g/mol. The zero-order chi connectivity index (χ0) is 9.82. The molecule has 0 radical (unpaired) electrons. The van der Waals surface area contributed by atoms with Crippen LogP contribution in [0.1, 0.15) is 46.0 Å². The Balaban J connectivity index is 0. The van der Waals surface area contributed by atoms with Crippen LogP contribution in [-0.4, -0.2) is 17.2 Å². The molecule has 0 heterocycles. The predicted octanol–water partition coefficient (Wildman–Crippen LogP) is 2.92. The van der Waals surface area contributed by atoms with E-state index in [2.05, 4.69) is 23.1 Å². The largest absolute Gasteiger partial charge is 0.481 e. The van der Waals surface area contributed by atoms with Crippen molar-refractivity contribution in [1.82, 2.24) is 0 Å². The molecule has 74 valence electrons. The van der Waals surface area contributed by atoms with Crippen molar-refractivity contribution in [3.8, 4) is 0 Å². The average molecular weight is 192 g/mol. The molecule has 2 nitrogen and oxygen atoms in total. The number of aliphatic carboxylic acids is 1. The molecule has 0 aromatic heterocycles. The zero-order valence-corrected chi connectivity index (χ0v) is 9.33. The van der Waals surface area contributed by atoms with Crippen molar-refractivity contribution in [2.75, 3.05) is 6.16 Å². The summed E-state index contributed by atoms with van der Waals surface area (Å²) in [5.74, 6) is -0.675. The summed E-state index contributed by atoms with van der Waals surface area (Å²) in [6, 6.07) is 0. The molecule has 0 aliphatic rings. The highest BCUT2D eigenvalue weighted by molar-refractivity contribution is 7.16. The van der Waals surface area contributed by atoms with Crippen LogP contribution in [0, 0.1) is 0 Å². The van der Waals surface area contributed by atoms with E-state index in [1.807, 2.05) is 0 Å². The number of hydrogen-bond donors (Lipinski definition) is 1. The summed E-state index contributed by atoms with van der Waals surface area (Å²) in [5, 5.41) is 8.21. The molecular formula is C9H21O2P. The smallest absolute Gasteiger partial charge is 0.303 e. The Kier molecular flexibility index (Phi) is 16.2. The predicted molar refractivity (Wildman–Crippen MR) is 56.6 cm³/mol. The Labute approximate surface area is 78.0 Å². The molecule has 0 saturated carbocycles. The van der Waals surface area contributed by atoms with Gasteiger partial charge in [0.1, 0.15) is 0 Å². The van der Waals surface area contributed by atoms with E-state index < -0.39 is 5.97 Å². The van der Waals surface area contributed by atoms with E-state index in [1.54, 1.807) is 0 Å². The van der Waals surface area contributed by atoms with Gasteiger partial charge in [0.15, 0.2) is 0 Å². The molecule has 0 aliphatic carbocycles. The Bertz CT molecular complexity index is 94.5. The summed E-state index contributed by atoms with van der Waals surface area (Å²) in [4.78, 5) is 9.96. The number of unbranched alkanes of at least 4 members (excludes halogenated alkanes) is 3. The molecule has 1 atom stereocenters. The number of hydrogen-bond acceptors (Lipinski definition) is 1. The molecule has 1 unspecified atom stereocenters. The lowest BCUT2D eigenvalue weighted by atomic mass is 10.2. The van der Waals surface area contributed by atoms with Crippen LogP contribution < -0.4 is 0 Å². The van der Waals surface area contributed by atoms with Gasteiger partial charge < -0.3 is 5.11 Å². The van der Waals surface area contributed by atoms with Gasteiger partial charge in [0.05, 0.1) is 0 Å². The van der Waals surface area contributed by atoms with Crippen molar-refractivity contribution < 1.29 is 9.90 Å². The lowest BCUT2D eigenvalue weighted by Gasteiger charge is -1.92. The topological polar surface area (TPSA) is 37.3 Å². The van der Waals surface area contributed by atoms with Crippen LogP contribution in [-0.2, 0) is 4.79 Å². The van der Waals surface area contributed by atoms with E-state index >= 15 is 0 Å². The van der Waals surface area contributed by atoms with Gasteiger partial charge in [-0.05, 0) is 12.6 Å². The zero-order valence-electron chi connectivity index (χ0n) is 8.18. The van der Waals surface area contributed by atoms with Crippen LogP contribution in [0.5, 0.6) is 0 Å². The van der Waals surface area contributed by atoms with Crippen molar-refractivity contribution in [3.05, 3.63) is 0 Å². The molecular weight excluding hydrogens is 171 g/mol. The van der Waals surface area contributed by atoms with E-state index in [9.17, 15) is 4.79 Å². The number of rotatable bonds is 5. The van der Waals surface area contributed by atoms with Crippen molar-refractivity contribution in [3.63, 3.8) is 0 Å². The summed E-state index contributed by atoms with van der Waals surface area (Å²) >= 11 is 0. The standard InChI is InChI=1S/C7H14O2.C2H7P/c1-2-3-4-5-6-7(8)9;1-2-3/h2-6H2,1H3,(H,8,9);2-3H2,1H3. The van der Waals surface area contributed by atoms with Crippen LogP contribution in [0.25, 0.3) is 0 Å². The Morgan fingerprint density at radius 1 is 1.25 bits per heavy atom. The normalized spacial score (nSPS) is 8.58. The molecule has 0 fully saturated rings. The third-order valence-electron chi connectivity index (χ3n) is 1.24. The minimum absolute atomic E-state index is 0.333. The summed E-state index contributed by atoms with van der Waals surface area (Å²) < 4.78 is 0. The molecule has 0 bridgehead atoms. The van der Waals surface area contributed by atoms with Crippen LogP contribution in [0.15, 0.2) is 0 Å². The minimum atomic E-state index is -0.675. The van der Waals surface area contributed by atoms with Gasteiger partial charge in [0, 0.05) is 6.42 Å². The maximum atomic E-state index is 9.96. The fourth-order valence-electron chi connectivity index (χ4n) is 0.703. The maximum Gasteiger partial charge on any atom is 0.303 e. The molecule has 0 aromatic rings. The van der Waals surface area contributed by atoms with Crippen LogP contribution >= 0.6 is 9.24 Å². The molecule has 0 aliphatic heterocycles. The molecule has 1 N–H and O–H groups in total. The highest BCUT2D eigenvalue weighted by Gasteiger charge is 1.93. The van der Waals surface area contributed by atoms with E-state index in [0.717, 1.165) is 19.3 Å². The van der Waals surface area contributed by atoms with Gasteiger partial charge >= 0.3 is 5.97 Å². The molecule has 0 rings (SSSR count). The maximum absolute atomic E-state index is 9.96. The lowest BCUT2D eigenvalue weighted by molar-refractivity contribution is -0.137. The first-order valence-electron chi connectivity index (χ1n) is 4.60. The van der Waals surface area contributed by atoms with Crippen molar-refractivity contribution >= 4 is 15.2 Å². The molecule has 0 spiro atoms. The quantitative estimate of drug-likeness (QED) is 0.537. The van der Waals surface area contributed by atoms with Crippen molar-refractivity contribution in [2.45, 2.75) is 46.0 Å². The highest BCUT2D eigenvalue weighted by atomic mass is 31.0. The van der Waals surface area contributed by atoms with Crippen molar-refractivity contribution in [1.29, 1.82) is 0 Å². The Hall–Kier alpha value is -0.100. The molecule has 0 amide bonds. The Morgan fingerprint density at radius 3 is 2.08 bits per heavy atom. The second-order valence-electron chi connectivity index (χ2n) is 2.61. The molecule has 0 aromatic carbocycles. The summed E-state index contributed by atoms with van der Waals surface area (Å²) in [5.41, 5.74) is 0. The van der Waals surface area contributed by atoms with E-state index in [0.29, 0.717) is 6.42 Å². The van der Waals surface area contributed by atoms with Crippen LogP contribution in [0.3, 0.4) is 0 Å². The number of carboxylic acid groups (broad SMARTS) is 1. The van der Waals surface area contributed by atoms with Gasteiger partial charge in [-0.1, -0.05) is 33.1 Å². The first kappa shape index (κ1) is 14.4. The third kappa shape index (κ3) is 22.5. The Morgan fingerprint density at radius 2 is 1.75 bits per heavy atom. The lowest BCUT2D eigenvalue weighted by Crippen LogP contribution is -1.92. The summed E-state index contributed by atoms with van der Waals surface area (Å²) in [6.45, 7) is 4.20. The summed E-state index contributed by atoms with van der Waals surface area (Å²) in [7, 11) is 2.58. The molecule has 3 heteroatoms. The van der Waals surface area contributed by atoms with Gasteiger partial charge in [-0.2, -0.15) is 0 Å². The first-order valence-corrected chi connectivity index (χ1v) is 5.42. The average Bonchev–Trinajstić information content (AvgIpc) is 1.99. The second kappa shape index (κ2) is 13.5. The van der Waals surface area contributed by atoms with Crippen LogP contribution in [0.4, 0.5) is 0 Å². The van der Waals surface area contributed by atoms with Gasteiger partial charge in [0.2, 0.25) is 0 Å². The number of carbonyl (C=O) groups is 1. The van der Waals surface area contributed by atoms with Gasteiger partial charge in [-0.25, -0.2) is 0 Å². The summed E-state index contributed by atoms with van der Waals surface area (Å²) in [6.07, 6.45) is 5.72. The van der Waals surface area contributed by atoms with Gasteiger partial charge in [0.25, 0.3) is 0 Å². The fourth-order valence-corrected chi connectivity index (χ4v) is 0.703. The fraction of sp³-hybridized carbons (Fsp3) is 0.889. The van der Waals surface area contributed by atoms with Gasteiger partial charge in [-0.15, -0.1) is 9.24 Å². The van der Waals surface area contributed by atoms with E-state index in [4.69, 9.17) is 5.11 Å². The minimum Gasteiger partial charge on any atom is -0.481 e. The van der Waals surface area contributed by atoms with Gasteiger partial charge in [-0.3, -0.25) is 4.79 Å². The molecule has 0 saturated heterocycles. The second-order valence-corrected chi connectivity index (χ2v) is 3.43. The third-order valence-corrected chi connectivity index (χ3v) is 1.24. The van der Waals surface area contributed by atoms with E-state index in [1.165, 1.54) is 12.6 Å². The van der Waals surface area contributed by atoms with Crippen molar-refractivity contribution in [2.24, 2.45) is 0 Å². The number of carboxylic acids is 1. The molecule has 12 heavy (non-hydrogen) atoms. The first-order chi connectivity index (χ1) is 5.68. The highest BCUT2D eigenvalue weighted by Crippen LogP contribution is 2.01. The SMILES string of the molecule is CCCCCCC(=O)O.CCP. The van der Waals surface area contributed by atoms with Crippen LogP contribution in [0.2, 0.25) is 0 Å². The van der Waals surface area contributed by atoms with E-state index in [-0.39, 0.29) is 0 Å².